The lowest BCUT2D eigenvalue weighted by Crippen LogP contribution is -2.21. The van der Waals surface area contributed by atoms with E-state index in [1.807, 2.05) is 0 Å². The van der Waals surface area contributed by atoms with E-state index >= 15 is 0 Å². The van der Waals surface area contributed by atoms with Crippen LogP contribution in [-0.4, -0.2) is 38.6 Å². The molecule has 19 heavy (non-hydrogen) atoms. The van der Waals surface area contributed by atoms with Crippen molar-refractivity contribution in [3.05, 3.63) is 24.0 Å². The highest BCUT2D eigenvalue weighted by Gasteiger charge is 2.22. The van der Waals surface area contributed by atoms with E-state index in [2.05, 4.69) is 25.1 Å². The number of rotatable bonds is 4. The van der Waals surface area contributed by atoms with E-state index in [-0.39, 0.29) is 21.5 Å². The second kappa shape index (κ2) is 4.85. The Balaban J connectivity index is 2.43. The van der Waals surface area contributed by atoms with Crippen LogP contribution in [0.4, 0.5) is 5.95 Å². The Morgan fingerprint density at radius 3 is 2.84 bits per heavy atom. The van der Waals surface area contributed by atoms with Gasteiger partial charge in [-0.1, -0.05) is 17.3 Å². The van der Waals surface area contributed by atoms with Gasteiger partial charge in [0.25, 0.3) is 16.0 Å². The van der Waals surface area contributed by atoms with Gasteiger partial charge in [-0.3, -0.25) is 4.98 Å². The van der Waals surface area contributed by atoms with E-state index in [1.54, 1.807) is 0 Å². The molecule has 0 saturated carbocycles. The highest BCUT2D eigenvalue weighted by atomic mass is 32.2. The van der Waals surface area contributed by atoms with Crippen molar-refractivity contribution < 1.29 is 8.42 Å². The van der Waals surface area contributed by atoms with Gasteiger partial charge in [-0.2, -0.15) is 4.80 Å². The molecule has 0 aliphatic carbocycles. The second-order valence-electron chi connectivity index (χ2n) is 3.42. The van der Waals surface area contributed by atoms with Gasteiger partial charge >= 0.3 is 0 Å². The Morgan fingerprint density at radius 1 is 1.53 bits per heavy atom. The number of aryl methyl sites for hydroxylation is 1. The summed E-state index contributed by atoms with van der Waals surface area (Å²) in [7, 11) is -2.42. The highest BCUT2D eigenvalue weighted by Crippen LogP contribution is 2.15. The predicted octanol–water partition coefficient (Wildman–Crippen LogP) is -0.960. The van der Waals surface area contributed by atoms with Gasteiger partial charge in [0.2, 0.25) is 0 Å². The first-order chi connectivity index (χ1) is 8.90. The van der Waals surface area contributed by atoms with E-state index in [0.717, 1.165) is 4.80 Å². The number of hydrogen-bond donors (Lipinski definition) is 2. The number of nitrogens with one attached hydrogen (secondary N) is 1. The summed E-state index contributed by atoms with van der Waals surface area (Å²) in [5.74, 6) is -0.153. The minimum Gasteiger partial charge on any atom is -0.388 e. The summed E-state index contributed by atoms with van der Waals surface area (Å²) in [6.07, 6.45) is 1.40. The van der Waals surface area contributed by atoms with Crippen LogP contribution in [0.3, 0.4) is 0 Å². The van der Waals surface area contributed by atoms with Gasteiger partial charge in [0, 0.05) is 6.20 Å². The van der Waals surface area contributed by atoms with Crippen LogP contribution in [0.1, 0.15) is 5.69 Å². The van der Waals surface area contributed by atoms with Crippen molar-refractivity contribution in [3.63, 3.8) is 0 Å². The molecule has 2 aromatic rings. The Labute approximate surface area is 113 Å². The van der Waals surface area contributed by atoms with Gasteiger partial charge in [0.05, 0.1) is 7.05 Å². The van der Waals surface area contributed by atoms with Crippen LogP contribution < -0.4 is 10.5 Å². The molecule has 0 fully saturated rings. The number of nitrogens with two attached hydrogens (primary N) is 1. The Kier molecular flexibility index (Phi) is 3.40. The van der Waals surface area contributed by atoms with Gasteiger partial charge in [-0.25, -0.2) is 13.1 Å². The lowest BCUT2D eigenvalue weighted by Gasteiger charge is -2.07. The number of pyridine rings is 1. The molecule has 2 aromatic heterocycles. The zero-order chi connectivity index (χ0) is 14.0. The average molecular weight is 299 g/mol. The Bertz CT molecular complexity index is 724. The number of thiocarbonyl (C=S) groups is 1. The molecular formula is C8H9N7O2S2. The first-order valence-electron chi connectivity index (χ1n) is 4.92. The van der Waals surface area contributed by atoms with Crippen molar-refractivity contribution >= 4 is 33.2 Å². The zero-order valence-electron chi connectivity index (χ0n) is 9.68. The van der Waals surface area contributed by atoms with Crippen molar-refractivity contribution in [2.45, 2.75) is 4.90 Å². The molecule has 0 aliphatic rings. The molecule has 0 saturated heterocycles. The molecule has 0 unspecified atom stereocenters. The van der Waals surface area contributed by atoms with Crippen molar-refractivity contribution in [2.75, 3.05) is 4.72 Å². The summed E-state index contributed by atoms with van der Waals surface area (Å²) in [5, 5.41) is 10.8. The SMILES string of the molecule is Cn1nnc(NS(=O)(=O)c2cccnc2C(N)=S)n1. The first kappa shape index (κ1) is 13.3. The minimum atomic E-state index is -3.93. The normalized spacial score (nSPS) is 11.2. The van der Waals surface area contributed by atoms with Crippen molar-refractivity contribution in [1.82, 2.24) is 25.2 Å². The van der Waals surface area contributed by atoms with Crippen molar-refractivity contribution in [3.8, 4) is 0 Å². The van der Waals surface area contributed by atoms with Crippen LogP contribution in [0.5, 0.6) is 0 Å². The summed E-state index contributed by atoms with van der Waals surface area (Å²) in [4.78, 5) is 4.70. The predicted molar refractivity (Wildman–Crippen MR) is 69.7 cm³/mol. The van der Waals surface area contributed by atoms with Gasteiger partial charge in [0.15, 0.2) is 0 Å². The zero-order valence-corrected chi connectivity index (χ0v) is 11.3. The number of nitrogens with zero attached hydrogens (tertiary/aromatic N) is 5. The number of sulfonamides is 1. The Morgan fingerprint density at radius 2 is 2.26 bits per heavy atom. The van der Waals surface area contributed by atoms with Gasteiger partial charge in [0.1, 0.15) is 15.6 Å². The number of anilines is 1. The summed E-state index contributed by atoms with van der Waals surface area (Å²) in [6, 6.07) is 2.79. The Hall–Kier alpha value is -2.14. The molecule has 0 bridgehead atoms. The van der Waals surface area contributed by atoms with Crippen LogP contribution in [0.25, 0.3) is 0 Å². The fraction of sp³-hybridized carbons (Fsp3) is 0.125. The third kappa shape index (κ3) is 2.82. The summed E-state index contributed by atoms with van der Waals surface area (Å²) >= 11 is 4.76. The molecule has 0 atom stereocenters. The van der Waals surface area contributed by atoms with Gasteiger partial charge < -0.3 is 5.73 Å². The van der Waals surface area contributed by atoms with E-state index in [1.165, 1.54) is 25.4 Å². The quantitative estimate of drug-likeness (QED) is 0.691. The largest absolute Gasteiger partial charge is 0.388 e. The van der Waals surface area contributed by atoms with E-state index < -0.39 is 10.0 Å². The van der Waals surface area contributed by atoms with Gasteiger partial charge in [-0.15, -0.1) is 5.10 Å². The monoisotopic (exact) mass is 299 g/mol. The maximum absolute atomic E-state index is 12.2. The molecule has 0 amide bonds. The molecular weight excluding hydrogens is 290 g/mol. The third-order valence-corrected chi connectivity index (χ3v) is 3.58. The van der Waals surface area contributed by atoms with Gasteiger partial charge in [-0.05, 0) is 17.3 Å². The summed E-state index contributed by atoms with van der Waals surface area (Å²) in [6.45, 7) is 0. The fourth-order valence-corrected chi connectivity index (χ4v) is 2.63. The first-order valence-corrected chi connectivity index (χ1v) is 6.81. The van der Waals surface area contributed by atoms with Crippen LogP contribution in [-0.2, 0) is 17.1 Å². The van der Waals surface area contributed by atoms with E-state index in [0.29, 0.717) is 0 Å². The third-order valence-electron chi connectivity index (χ3n) is 2.03. The maximum atomic E-state index is 12.2. The second-order valence-corrected chi connectivity index (χ2v) is 5.51. The average Bonchev–Trinajstić information content (AvgIpc) is 2.74. The molecule has 11 heteroatoms. The molecule has 2 heterocycles. The number of tetrazole rings is 1. The van der Waals surface area contributed by atoms with Crippen LogP contribution in [0.15, 0.2) is 23.2 Å². The molecule has 0 aromatic carbocycles. The lowest BCUT2D eigenvalue weighted by atomic mass is 10.3. The smallest absolute Gasteiger partial charge is 0.277 e. The molecule has 0 spiro atoms. The van der Waals surface area contributed by atoms with Crippen molar-refractivity contribution in [2.24, 2.45) is 12.8 Å². The lowest BCUT2D eigenvalue weighted by molar-refractivity contribution is 0.600. The molecule has 0 aliphatic heterocycles. The molecule has 100 valence electrons. The van der Waals surface area contributed by atoms with E-state index in [4.69, 9.17) is 18.0 Å². The maximum Gasteiger partial charge on any atom is 0.277 e. The van der Waals surface area contributed by atoms with Crippen LogP contribution in [0.2, 0.25) is 0 Å². The summed E-state index contributed by atoms with van der Waals surface area (Å²) in [5.41, 5.74) is 5.45. The topological polar surface area (TPSA) is 129 Å². The fourth-order valence-electron chi connectivity index (χ4n) is 1.29. The van der Waals surface area contributed by atoms with Crippen LogP contribution >= 0.6 is 12.2 Å². The van der Waals surface area contributed by atoms with Crippen molar-refractivity contribution in [1.29, 1.82) is 0 Å². The van der Waals surface area contributed by atoms with Crippen LogP contribution in [0, 0.1) is 0 Å². The standard InChI is InChI=1S/C8H9N7O2S2/c1-15-12-8(11-14-15)13-19(16,17)5-3-2-4-10-6(5)7(9)18/h2-4H,1H3,(H2,9,18)(H,12,13). The summed E-state index contributed by atoms with van der Waals surface area (Å²) < 4.78 is 26.5. The van der Waals surface area contributed by atoms with E-state index in [9.17, 15) is 8.42 Å². The molecule has 2 rings (SSSR count). The number of hydrogen-bond acceptors (Lipinski definition) is 7. The molecule has 9 nitrogen and oxygen atoms in total. The molecule has 0 radical (unpaired) electrons. The minimum absolute atomic E-state index is 0.00823. The number of aromatic nitrogens is 5. The highest BCUT2D eigenvalue weighted by molar-refractivity contribution is 7.93. The molecule has 3 N–H and O–H groups in total.